The van der Waals surface area contributed by atoms with E-state index in [0.717, 1.165) is 9.37 Å². The van der Waals surface area contributed by atoms with Gasteiger partial charge < -0.3 is 0 Å². The van der Waals surface area contributed by atoms with Crippen LogP contribution in [0, 0.1) is 11.5 Å². The highest BCUT2D eigenvalue weighted by molar-refractivity contribution is 9.10. The van der Waals surface area contributed by atoms with E-state index in [-0.39, 0.29) is 5.91 Å². The van der Waals surface area contributed by atoms with Crippen LogP contribution in [0.5, 0.6) is 0 Å². The molecule has 0 unspecified atom stereocenters. The van der Waals surface area contributed by atoms with Gasteiger partial charge in [-0.3, -0.25) is 4.79 Å². The van der Waals surface area contributed by atoms with E-state index in [4.69, 9.17) is 5.26 Å². The van der Waals surface area contributed by atoms with Gasteiger partial charge in [-0.2, -0.15) is 5.26 Å². The molecule has 0 spiro atoms. The smallest absolute Gasteiger partial charge is 0.266 e. The third kappa shape index (κ3) is 3.21. The van der Waals surface area contributed by atoms with Crippen molar-refractivity contribution in [2.24, 2.45) is 0 Å². The van der Waals surface area contributed by atoms with Gasteiger partial charge in [0.25, 0.3) is 5.91 Å². The molecule has 82 valence electrons. The van der Waals surface area contributed by atoms with Crippen molar-refractivity contribution in [1.82, 2.24) is 4.90 Å². The van der Waals surface area contributed by atoms with Crippen LogP contribution < -0.4 is 0 Å². The molecule has 0 atom stereocenters. The van der Waals surface area contributed by atoms with Gasteiger partial charge in [0.2, 0.25) is 0 Å². The van der Waals surface area contributed by atoms with E-state index in [0.29, 0.717) is 18.5 Å². The van der Waals surface area contributed by atoms with Crippen LogP contribution in [0.3, 0.4) is 0 Å². The highest BCUT2D eigenvalue weighted by Gasteiger charge is 2.14. The molecule has 0 saturated carbocycles. The lowest BCUT2D eigenvalue weighted by Gasteiger charge is -2.12. The lowest BCUT2D eigenvalue weighted by atomic mass is 10.2. The molecule has 0 aliphatic carbocycles. The molecule has 0 heterocycles. The number of carbonyl (C=O) groups is 1. The molecule has 0 fully saturated rings. The Morgan fingerprint density at radius 1 is 1.62 bits per heavy atom. The van der Waals surface area contributed by atoms with Gasteiger partial charge in [-0.1, -0.05) is 28.1 Å². The molecule has 1 amide bonds. The Balaban J connectivity index is 2.83. The maximum absolute atomic E-state index is 11.9. The number of hydrogen-bond acceptors (Lipinski definition) is 2. The van der Waals surface area contributed by atoms with Crippen molar-refractivity contribution in [3.8, 4) is 6.19 Å². The SMILES string of the molecule is C=CCCN(C#N)C(=O)c1cccc(Br)c1. The monoisotopic (exact) mass is 278 g/mol. The molecule has 16 heavy (non-hydrogen) atoms. The van der Waals surface area contributed by atoms with Crippen LogP contribution in [0.25, 0.3) is 0 Å². The molecule has 0 radical (unpaired) electrons. The standard InChI is InChI=1S/C12H11BrN2O/c1-2-3-7-15(9-14)12(16)10-5-4-6-11(13)8-10/h2,4-6,8H,1,3,7H2. The fourth-order valence-corrected chi connectivity index (χ4v) is 1.59. The van der Waals surface area contributed by atoms with E-state index < -0.39 is 0 Å². The number of halogens is 1. The quantitative estimate of drug-likeness (QED) is 0.483. The summed E-state index contributed by atoms with van der Waals surface area (Å²) in [6.07, 6.45) is 4.16. The molecule has 0 saturated heterocycles. The van der Waals surface area contributed by atoms with Crippen LogP contribution in [-0.2, 0) is 0 Å². The predicted molar refractivity (Wildman–Crippen MR) is 65.6 cm³/mol. The van der Waals surface area contributed by atoms with Crippen molar-refractivity contribution in [3.63, 3.8) is 0 Å². The van der Waals surface area contributed by atoms with Crippen LogP contribution in [0.2, 0.25) is 0 Å². The van der Waals surface area contributed by atoms with Gasteiger partial charge in [0.15, 0.2) is 6.19 Å². The van der Waals surface area contributed by atoms with Crippen LogP contribution in [0.15, 0.2) is 41.4 Å². The van der Waals surface area contributed by atoms with Crippen molar-refractivity contribution >= 4 is 21.8 Å². The first-order valence-electron chi connectivity index (χ1n) is 4.77. The fourth-order valence-electron chi connectivity index (χ4n) is 1.19. The summed E-state index contributed by atoms with van der Waals surface area (Å²) in [5.74, 6) is -0.286. The summed E-state index contributed by atoms with van der Waals surface area (Å²) in [5, 5.41) is 8.86. The third-order valence-corrected chi connectivity index (χ3v) is 2.49. The van der Waals surface area contributed by atoms with E-state index in [1.807, 2.05) is 12.3 Å². The highest BCUT2D eigenvalue weighted by Crippen LogP contribution is 2.13. The molecule has 4 heteroatoms. The Morgan fingerprint density at radius 3 is 2.94 bits per heavy atom. The van der Waals surface area contributed by atoms with Gasteiger partial charge in [-0.05, 0) is 24.6 Å². The van der Waals surface area contributed by atoms with Crippen molar-refractivity contribution in [3.05, 3.63) is 47.0 Å². The Hall–Kier alpha value is -1.60. The second kappa shape index (κ2) is 6.09. The number of amides is 1. The lowest BCUT2D eigenvalue weighted by molar-refractivity contribution is 0.0834. The van der Waals surface area contributed by atoms with E-state index >= 15 is 0 Å². The molecule has 0 bridgehead atoms. The van der Waals surface area contributed by atoms with Crippen LogP contribution in [0.1, 0.15) is 16.8 Å². The van der Waals surface area contributed by atoms with Crippen LogP contribution >= 0.6 is 15.9 Å². The minimum Gasteiger partial charge on any atom is -0.268 e. The first kappa shape index (κ1) is 12.5. The van der Waals surface area contributed by atoms with Gasteiger partial charge in [0.1, 0.15) is 0 Å². The Labute approximate surface area is 103 Å². The largest absolute Gasteiger partial charge is 0.268 e. The highest BCUT2D eigenvalue weighted by atomic mass is 79.9. The maximum Gasteiger partial charge on any atom is 0.266 e. The first-order chi connectivity index (χ1) is 7.69. The molecule has 1 rings (SSSR count). The summed E-state index contributed by atoms with van der Waals surface area (Å²) in [6.45, 7) is 3.92. The number of carbonyl (C=O) groups excluding carboxylic acids is 1. The maximum atomic E-state index is 11.9. The van der Waals surface area contributed by atoms with Crippen molar-refractivity contribution in [2.45, 2.75) is 6.42 Å². The third-order valence-electron chi connectivity index (χ3n) is 1.99. The number of hydrogen-bond donors (Lipinski definition) is 0. The number of rotatable bonds is 4. The molecule has 1 aromatic carbocycles. The topological polar surface area (TPSA) is 44.1 Å². The van der Waals surface area contributed by atoms with Crippen LogP contribution in [-0.4, -0.2) is 17.4 Å². The summed E-state index contributed by atoms with van der Waals surface area (Å²) in [4.78, 5) is 13.0. The average Bonchev–Trinajstić information content (AvgIpc) is 2.29. The summed E-state index contributed by atoms with van der Waals surface area (Å²) in [5.41, 5.74) is 0.500. The van der Waals surface area contributed by atoms with Gasteiger partial charge in [0, 0.05) is 16.6 Å². The molecule has 0 aliphatic heterocycles. The van der Waals surface area contributed by atoms with Gasteiger partial charge >= 0.3 is 0 Å². The number of nitrogens with zero attached hydrogens (tertiary/aromatic N) is 2. The number of nitriles is 1. The second-order valence-electron chi connectivity index (χ2n) is 3.14. The summed E-state index contributed by atoms with van der Waals surface area (Å²) < 4.78 is 0.819. The Morgan fingerprint density at radius 2 is 2.38 bits per heavy atom. The van der Waals surface area contributed by atoms with Crippen molar-refractivity contribution in [2.75, 3.05) is 6.54 Å². The van der Waals surface area contributed by atoms with E-state index in [1.54, 1.807) is 24.3 Å². The molecule has 3 nitrogen and oxygen atoms in total. The van der Waals surface area contributed by atoms with Crippen molar-refractivity contribution < 1.29 is 4.79 Å². The van der Waals surface area contributed by atoms with Gasteiger partial charge in [-0.15, -0.1) is 6.58 Å². The second-order valence-corrected chi connectivity index (χ2v) is 4.06. The summed E-state index contributed by atoms with van der Waals surface area (Å²) in [7, 11) is 0. The minimum atomic E-state index is -0.286. The molecular formula is C12H11BrN2O. The fraction of sp³-hybridized carbons (Fsp3) is 0.167. The average molecular weight is 279 g/mol. The molecule has 0 aromatic heterocycles. The summed E-state index contributed by atoms with van der Waals surface area (Å²) in [6, 6.07) is 6.98. The zero-order valence-corrected chi connectivity index (χ0v) is 10.3. The summed E-state index contributed by atoms with van der Waals surface area (Å²) >= 11 is 3.28. The number of benzene rings is 1. The zero-order valence-electron chi connectivity index (χ0n) is 8.69. The molecule has 0 N–H and O–H groups in total. The van der Waals surface area contributed by atoms with E-state index in [9.17, 15) is 4.79 Å². The lowest BCUT2D eigenvalue weighted by Crippen LogP contribution is -2.26. The molecule has 0 aliphatic rings. The molecular weight excluding hydrogens is 268 g/mol. The Bertz CT molecular complexity index is 437. The van der Waals surface area contributed by atoms with Crippen molar-refractivity contribution in [1.29, 1.82) is 5.26 Å². The first-order valence-corrected chi connectivity index (χ1v) is 5.56. The van der Waals surface area contributed by atoms with Gasteiger partial charge in [-0.25, -0.2) is 4.90 Å². The van der Waals surface area contributed by atoms with E-state index in [2.05, 4.69) is 22.5 Å². The van der Waals surface area contributed by atoms with Crippen LogP contribution in [0.4, 0.5) is 0 Å². The molecule has 1 aromatic rings. The minimum absolute atomic E-state index is 0.286. The van der Waals surface area contributed by atoms with Gasteiger partial charge in [0.05, 0.1) is 0 Å². The zero-order chi connectivity index (χ0) is 12.0. The Kier molecular flexibility index (Phi) is 4.74. The predicted octanol–water partition coefficient (Wildman–Crippen LogP) is 2.95. The normalized spacial score (nSPS) is 9.25. The van der Waals surface area contributed by atoms with E-state index in [1.165, 1.54) is 0 Å².